The largest absolute Gasteiger partial charge is 0.306 e. The van der Waals surface area contributed by atoms with Crippen molar-refractivity contribution in [1.82, 2.24) is 4.90 Å². The third-order valence-electron chi connectivity index (χ3n) is 2.92. The zero-order chi connectivity index (χ0) is 14.8. The number of rotatable bonds is 1. The SMILES string of the molecule is Cc1ccc(S(=O)(=O)O)cc1.O=C1C[C@H]2SCC=CN12. The van der Waals surface area contributed by atoms with Crippen LogP contribution in [0, 0.1) is 6.92 Å². The van der Waals surface area contributed by atoms with Crippen LogP contribution >= 0.6 is 11.8 Å². The van der Waals surface area contributed by atoms with Crippen LogP contribution in [0.5, 0.6) is 0 Å². The molecule has 1 fully saturated rings. The summed E-state index contributed by atoms with van der Waals surface area (Å²) < 4.78 is 29.6. The maximum Gasteiger partial charge on any atom is 0.294 e. The number of amides is 1. The second-order valence-corrected chi connectivity index (χ2v) is 7.10. The quantitative estimate of drug-likeness (QED) is 0.634. The lowest BCUT2D eigenvalue weighted by atomic mass is 10.2. The molecule has 2 heterocycles. The molecule has 20 heavy (non-hydrogen) atoms. The molecule has 1 N–H and O–H groups in total. The van der Waals surface area contributed by atoms with Gasteiger partial charge in [-0.3, -0.25) is 9.35 Å². The number of carbonyl (C=O) groups is 1. The predicted molar refractivity (Wildman–Crippen MR) is 77.8 cm³/mol. The molecule has 0 aliphatic carbocycles. The van der Waals surface area contributed by atoms with E-state index in [4.69, 9.17) is 4.55 Å². The number of nitrogens with zero attached hydrogens (tertiary/aromatic N) is 1. The van der Waals surface area contributed by atoms with E-state index >= 15 is 0 Å². The summed E-state index contributed by atoms with van der Waals surface area (Å²) in [5.74, 6) is 1.33. The van der Waals surface area contributed by atoms with Gasteiger partial charge in [0.1, 0.15) is 0 Å². The first-order valence-electron chi connectivity index (χ1n) is 6.01. The van der Waals surface area contributed by atoms with E-state index in [9.17, 15) is 13.2 Å². The smallest absolute Gasteiger partial charge is 0.294 e. The van der Waals surface area contributed by atoms with Gasteiger partial charge in [-0.05, 0) is 19.1 Å². The van der Waals surface area contributed by atoms with E-state index in [0.717, 1.165) is 17.7 Å². The van der Waals surface area contributed by atoms with Gasteiger partial charge in [0.05, 0.1) is 16.7 Å². The summed E-state index contributed by atoms with van der Waals surface area (Å²) in [5, 5.41) is 0.475. The molecule has 1 saturated heterocycles. The van der Waals surface area contributed by atoms with Crippen molar-refractivity contribution in [2.45, 2.75) is 23.6 Å². The molecule has 108 valence electrons. The maximum absolute atomic E-state index is 10.7. The molecule has 3 rings (SSSR count). The summed E-state index contributed by atoms with van der Waals surface area (Å²) in [6, 6.07) is 5.99. The van der Waals surface area contributed by atoms with Crippen LogP contribution in [-0.2, 0) is 14.9 Å². The number of β-lactam (4-membered cyclic amide) rings is 1. The standard InChI is InChI=1S/C7H8O3S.C6H7NOS/c1-6-2-4-7(5-3-6)11(8,9)10;8-5-4-6-7(5)2-1-3-9-6/h2-5H,1H3,(H,8,9,10);1-2,6H,3-4H2/t;6-/m.1/s1. The third kappa shape index (κ3) is 3.62. The Kier molecular flexibility index (Phi) is 4.52. The van der Waals surface area contributed by atoms with E-state index in [1.54, 1.807) is 17.0 Å². The minimum atomic E-state index is -4.02. The lowest BCUT2D eigenvalue weighted by molar-refractivity contribution is -0.137. The molecule has 0 bridgehead atoms. The minimum Gasteiger partial charge on any atom is -0.306 e. The number of benzene rings is 1. The molecule has 0 unspecified atom stereocenters. The van der Waals surface area contributed by atoms with Crippen molar-refractivity contribution in [3.05, 3.63) is 42.1 Å². The Morgan fingerprint density at radius 1 is 1.30 bits per heavy atom. The summed E-state index contributed by atoms with van der Waals surface area (Å²) in [6.45, 7) is 1.84. The Labute approximate surface area is 122 Å². The molecule has 1 atom stereocenters. The molecule has 0 radical (unpaired) electrons. The van der Waals surface area contributed by atoms with Crippen molar-refractivity contribution >= 4 is 27.8 Å². The van der Waals surface area contributed by atoms with Crippen LogP contribution in [0.4, 0.5) is 0 Å². The van der Waals surface area contributed by atoms with E-state index in [-0.39, 0.29) is 10.8 Å². The van der Waals surface area contributed by atoms with Crippen molar-refractivity contribution in [3.8, 4) is 0 Å². The van der Waals surface area contributed by atoms with Crippen LogP contribution < -0.4 is 0 Å². The highest BCUT2D eigenvalue weighted by molar-refractivity contribution is 8.00. The summed E-state index contributed by atoms with van der Waals surface area (Å²) in [6.07, 6.45) is 4.67. The second kappa shape index (κ2) is 5.99. The lowest BCUT2D eigenvalue weighted by Crippen LogP contribution is -2.48. The summed E-state index contributed by atoms with van der Waals surface area (Å²) in [5.41, 5.74) is 0.956. The fourth-order valence-corrected chi connectivity index (χ4v) is 3.26. The molecule has 0 aromatic heterocycles. The van der Waals surface area contributed by atoms with Gasteiger partial charge in [0.2, 0.25) is 5.91 Å². The van der Waals surface area contributed by atoms with E-state index in [2.05, 4.69) is 0 Å². The average molecular weight is 313 g/mol. The van der Waals surface area contributed by atoms with Crippen LogP contribution in [0.1, 0.15) is 12.0 Å². The normalized spacial score (nSPS) is 20.6. The van der Waals surface area contributed by atoms with E-state index in [0.29, 0.717) is 5.37 Å². The number of hydrogen-bond acceptors (Lipinski definition) is 4. The third-order valence-corrected chi connectivity index (χ3v) is 4.95. The van der Waals surface area contributed by atoms with Crippen LogP contribution in [0.2, 0.25) is 0 Å². The Hall–Kier alpha value is -1.31. The molecule has 7 heteroatoms. The van der Waals surface area contributed by atoms with Crippen molar-refractivity contribution in [2.75, 3.05) is 5.75 Å². The topological polar surface area (TPSA) is 74.7 Å². The monoisotopic (exact) mass is 313 g/mol. The van der Waals surface area contributed by atoms with Crippen molar-refractivity contribution in [3.63, 3.8) is 0 Å². The van der Waals surface area contributed by atoms with E-state index in [1.807, 2.05) is 31.0 Å². The van der Waals surface area contributed by atoms with Gasteiger partial charge < -0.3 is 4.90 Å². The Morgan fingerprint density at radius 3 is 2.40 bits per heavy atom. The molecular weight excluding hydrogens is 298 g/mol. The van der Waals surface area contributed by atoms with Crippen LogP contribution in [0.3, 0.4) is 0 Å². The zero-order valence-corrected chi connectivity index (χ0v) is 12.5. The summed E-state index contributed by atoms with van der Waals surface area (Å²) in [7, 11) is -4.02. The molecule has 1 amide bonds. The van der Waals surface area contributed by atoms with Gasteiger partial charge >= 0.3 is 0 Å². The molecule has 2 aliphatic heterocycles. The second-order valence-electron chi connectivity index (χ2n) is 4.47. The highest BCUT2D eigenvalue weighted by Gasteiger charge is 2.35. The molecule has 1 aromatic rings. The highest BCUT2D eigenvalue weighted by Crippen LogP contribution is 2.32. The molecule has 1 aromatic carbocycles. The molecule has 5 nitrogen and oxygen atoms in total. The number of fused-ring (bicyclic) bond motifs is 1. The van der Waals surface area contributed by atoms with E-state index < -0.39 is 10.1 Å². The van der Waals surface area contributed by atoms with Gasteiger partial charge in [0, 0.05) is 12.0 Å². The fraction of sp³-hybridized carbons (Fsp3) is 0.308. The molecule has 2 aliphatic rings. The van der Waals surface area contributed by atoms with Crippen molar-refractivity contribution in [1.29, 1.82) is 0 Å². The van der Waals surface area contributed by atoms with Gasteiger partial charge in [0.15, 0.2) is 0 Å². The van der Waals surface area contributed by atoms with Crippen molar-refractivity contribution < 1.29 is 17.8 Å². The Balaban J connectivity index is 0.000000149. The average Bonchev–Trinajstić information content (AvgIpc) is 2.38. The van der Waals surface area contributed by atoms with Gasteiger partial charge in [0.25, 0.3) is 10.1 Å². The minimum absolute atomic E-state index is 0.0666. The number of hydrogen-bond donors (Lipinski definition) is 1. The number of thioether (sulfide) groups is 1. The molecule has 0 saturated carbocycles. The molecular formula is C13H15NO4S2. The lowest BCUT2D eigenvalue weighted by Gasteiger charge is -2.39. The van der Waals surface area contributed by atoms with Gasteiger partial charge in [-0.2, -0.15) is 8.42 Å². The fourth-order valence-electron chi connectivity index (χ4n) is 1.75. The first kappa shape index (κ1) is 15.1. The first-order chi connectivity index (χ1) is 9.38. The Morgan fingerprint density at radius 2 is 1.95 bits per heavy atom. The first-order valence-corrected chi connectivity index (χ1v) is 8.50. The predicted octanol–water partition coefficient (Wildman–Crippen LogP) is 2.05. The number of carbonyl (C=O) groups excluding carboxylic acids is 1. The van der Waals surface area contributed by atoms with Crippen molar-refractivity contribution in [2.24, 2.45) is 0 Å². The van der Waals surface area contributed by atoms with Gasteiger partial charge in [-0.1, -0.05) is 23.8 Å². The van der Waals surface area contributed by atoms with Crippen LogP contribution in [-0.4, -0.2) is 34.9 Å². The zero-order valence-electron chi connectivity index (χ0n) is 10.9. The van der Waals surface area contributed by atoms with Crippen LogP contribution in [0.25, 0.3) is 0 Å². The Bertz CT molecular complexity index is 622. The maximum atomic E-state index is 10.7. The summed E-state index contributed by atoms with van der Waals surface area (Å²) in [4.78, 5) is 12.5. The van der Waals surface area contributed by atoms with Gasteiger partial charge in [-0.15, -0.1) is 11.8 Å². The summed E-state index contributed by atoms with van der Waals surface area (Å²) >= 11 is 1.84. The van der Waals surface area contributed by atoms with Crippen LogP contribution in [0.15, 0.2) is 41.4 Å². The van der Waals surface area contributed by atoms with E-state index in [1.165, 1.54) is 12.1 Å². The highest BCUT2D eigenvalue weighted by atomic mass is 32.2. The van der Waals surface area contributed by atoms with Gasteiger partial charge in [-0.25, -0.2) is 0 Å². The molecule has 0 spiro atoms. The number of aryl methyl sites for hydroxylation is 1.